The first-order valence-corrected chi connectivity index (χ1v) is 13.9. The van der Waals surface area contributed by atoms with Gasteiger partial charge in [0.2, 0.25) is 0 Å². The Bertz CT molecular complexity index is 37.8. The van der Waals surface area contributed by atoms with Crippen molar-refractivity contribution in [2.75, 3.05) is 0 Å². The number of rotatable bonds is 0. The molecular weight excluding hydrogens is 328 g/mol. The maximum absolute atomic E-state index is 4.94. The Labute approximate surface area is 69.9 Å². The average molecular weight is 339 g/mol. The summed E-state index contributed by atoms with van der Waals surface area (Å²) in [6, 6.07) is 0. The molecule has 51 valence electrons. The van der Waals surface area contributed by atoms with Crippen LogP contribution in [-0.2, 0) is 17.6 Å². The molecule has 0 atom stereocenters. The Hall–Kier alpha value is 1.54. The van der Waals surface area contributed by atoms with Gasteiger partial charge in [-0.3, -0.25) is 0 Å². The van der Waals surface area contributed by atoms with Crippen molar-refractivity contribution in [2.45, 2.75) is 19.6 Å². The molecule has 0 unspecified atom stereocenters. The van der Waals surface area contributed by atoms with E-state index in [-0.39, 0.29) is 0 Å². The van der Waals surface area contributed by atoms with E-state index in [2.05, 4.69) is 26.2 Å². The van der Waals surface area contributed by atoms with Crippen LogP contribution in [-0.4, -0.2) is 8.07 Å². The summed E-state index contributed by atoms with van der Waals surface area (Å²) in [5.41, 5.74) is 0. The second-order valence-corrected chi connectivity index (χ2v) is 12.4. The zero-order valence-electron chi connectivity index (χ0n) is 5.41. The van der Waals surface area contributed by atoms with Crippen LogP contribution < -0.4 is 0 Å². The van der Waals surface area contributed by atoms with E-state index in [1.807, 2.05) is 0 Å². The van der Waals surface area contributed by atoms with Crippen LogP contribution in [0.1, 0.15) is 0 Å². The molecule has 0 aliphatic heterocycles. The van der Waals surface area contributed by atoms with Gasteiger partial charge in [0, 0.05) is 0 Å². The van der Waals surface area contributed by atoms with Crippen molar-refractivity contribution in [1.82, 2.24) is 0 Å². The first kappa shape index (κ1) is 12.2. The first-order valence-electron chi connectivity index (χ1n) is 2.19. The minimum atomic E-state index is -0.889. The second-order valence-electron chi connectivity index (χ2n) is 2.62. The monoisotopic (exact) mass is 338 g/mol. The predicted octanol–water partition coefficient (Wildman–Crippen LogP) is 3.07. The van der Waals surface area contributed by atoms with Crippen LogP contribution in [0.15, 0.2) is 0 Å². The molecule has 0 spiro atoms. The predicted molar refractivity (Wildman–Crippen MR) is 40.4 cm³/mol. The van der Waals surface area contributed by atoms with Crippen LogP contribution in [0, 0.1) is 6.55 Å². The van der Waals surface area contributed by atoms with Crippen LogP contribution in [0.4, 0.5) is 0 Å². The molecule has 0 saturated heterocycles. The molecule has 0 aromatic rings. The van der Waals surface area contributed by atoms with E-state index in [9.17, 15) is 0 Å². The van der Waals surface area contributed by atoms with Gasteiger partial charge in [0.15, 0.2) is 0 Å². The number of halogens is 2. The van der Waals surface area contributed by atoms with Gasteiger partial charge in [-0.15, -0.1) is 8.07 Å². The molecule has 0 aromatic heterocycles. The molecule has 0 radical (unpaired) electrons. The molecule has 4 heteroatoms. The molecule has 0 aliphatic rings. The minimum absolute atomic E-state index is 0.861. The number of hydrogen-bond donors (Lipinski definition) is 0. The van der Waals surface area contributed by atoms with Crippen molar-refractivity contribution in [1.29, 1.82) is 0 Å². The Morgan fingerprint density at radius 2 is 1.25 bits per heavy atom. The van der Waals surface area contributed by atoms with E-state index in [1.165, 1.54) is 0 Å². The zero-order chi connectivity index (χ0) is 7.21. The van der Waals surface area contributed by atoms with Crippen molar-refractivity contribution in [2.24, 2.45) is 0 Å². The third-order valence-electron chi connectivity index (χ3n) is 0. The van der Waals surface area contributed by atoms with Gasteiger partial charge < -0.3 is 6.55 Å². The van der Waals surface area contributed by atoms with Gasteiger partial charge in [0.05, 0.1) is 0 Å². The summed E-state index contributed by atoms with van der Waals surface area (Å²) in [5.74, 6) is 0. The normalized spacial score (nSPS) is 9.25. The summed E-state index contributed by atoms with van der Waals surface area (Å²) in [4.78, 5) is 0. The van der Waals surface area contributed by atoms with Crippen molar-refractivity contribution in [3.05, 3.63) is 6.55 Å². The summed E-state index contributed by atoms with van der Waals surface area (Å²) < 4.78 is 0. The summed E-state index contributed by atoms with van der Waals surface area (Å²) in [6.07, 6.45) is 0. The molecule has 0 aromatic carbocycles. The van der Waals surface area contributed by atoms with E-state index in [0.717, 1.165) is 0 Å². The molecule has 0 aliphatic carbocycles. The van der Waals surface area contributed by atoms with E-state index in [1.54, 1.807) is 0 Å². The third-order valence-corrected chi connectivity index (χ3v) is 0. The summed E-state index contributed by atoms with van der Waals surface area (Å²) in [7, 11) is 9.03. The zero-order valence-corrected chi connectivity index (χ0v) is 11.1. The van der Waals surface area contributed by atoms with Crippen molar-refractivity contribution < 1.29 is 17.6 Å². The molecule has 0 saturated carbocycles. The Morgan fingerprint density at radius 3 is 1.25 bits per heavy atom. The summed E-state index contributed by atoms with van der Waals surface area (Å²) in [6.45, 7) is 10.6. The van der Waals surface area contributed by atoms with Gasteiger partial charge >= 0.3 is 36.0 Å². The fourth-order valence-corrected chi connectivity index (χ4v) is 0. The molecule has 0 fully saturated rings. The van der Waals surface area contributed by atoms with E-state index >= 15 is 0 Å². The van der Waals surface area contributed by atoms with Crippen molar-refractivity contribution in [3.63, 3.8) is 0 Å². The van der Waals surface area contributed by atoms with Crippen molar-refractivity contribution in [3.8, 4) is 0 Å². The number of hydrogen-bond acceptors (Lipinski definition) is 0. The van der Waals surface area contributed by atoms with Crippen LogP contribution in [0.3, 0.4) is 0 Å². The molecule has 0 heterocycles. The van der Waals surface area contributed by atoms with Crippen LogP contribution >= 0.6 is 18.4 Å². The Kier molecular flexibility index (Phi) is 10.2. The molecule has 0 rings (SSSR count). The molecule has 0 bridgehead atoms. The third kappa shape index (κ3) is 136. The Balaban J connectivity index is 0. The van der Waals surface area contributed by atoms with Gasteiger partial charge in [-0.1, -0.05) is 19.6 Å². The van der Waals surface area contributed by atoms with Gasteiger partial charge in [0.25, 0.3) is 0 Å². The molecule has 0 nitrogen and oxygen atoms in total. The SMILES string of the molecule is [CH2-][Si](C)(C)C.[Cl][Ta][Cl]. The Morgan fingerprint density at radius 1 is 1.25 bits per heavy atom. The molecule has 0 amide bonds. The van der Waals surface area contributed by atoms with Crippen LogP contribution in [0.2, 0.25) is 19.6 Å². The van der Waals surface area contributed by atoms with E-state index in [4.69, 9.17) is 18.4 Å². The fraction of sp³-hybridized carbons (Fsp3) is 0.750. The van der Waals surface area contributed by atoms with Crippen LogP contribution in [0.5, 0.6) is 0 Å². The van der Waals surface area contributed by atoms with Crippen LogP contribution in [0.25, 0.3) is 0 Å². The summed E-state index contributed by atoms with van der Waals surface area (Å²) >= 11 is -0.889. The molecule has 0 N–H and O–H groups in total. The van der Waals surface area contributed by atoms with Gasteiger partial charge in [-0.25, -0.2) is 0 Å². The van der Waals surface area contributed by atoms with Gasteiger partial charge in [-0.2, -0.15) is 0 Å². The fourth-order valence-electron chi connectivity index (χ4n) is 0. The van der Waals surface area contributed by atoms with E-state index < -0.39 is 25.7 Å². The quantitative estimate of drug-likeness (QED) is 0.470. The van der Waals surface area contributed by atoms with Gasteiger partial charge in [0.1, 0.15) is 0 Å². The van der Waals surface area contributed by atoms with Gasteiger partial charge in [-0.05, 0) is 0 Å². The van der Waals surface area contributed by atoms with E-state index in [0.29, 0.717) is 0 Å². The topological polar surface area (TPSA) is 0 Å². The standard InChI is InChI=1S/C4H11Si.2ClH.Ta/c1-5(2,3)4;;;/h1H2,2-4H3;2*1H;/q-1;;;+2/p-2. The van der Waals surface area contributed by atoms with Crippen molar-refractivity contribution >= 4 is 26.5 Å². The second kappa shape index (κ2) is 6.65. The summed E-state index contributed by atoms with van der Waals surface area (Å²) in [5, 5.41) is 0. The average Bonchev–Trinajstić information content (AvgIpc) is 1.27. The molecular formula is C4H11Cl2SiTa-. The molecule has 8 heavy (non-hydrogen) atoms. The maximum atomic E-state index is 4.94. The first-order chi connectivity index (χ1) is 3.41.